The summed E-state index contributed by atoms with van der Waals surface area (Å²) in [7, 11) is 0. The summed E-state index contributed by atoms with van der Waals surface area (Å²) < 4.78 is 5.17. The fourth-order valence-electron chi connectivity index (χ4n) is 2.59. The highest BCUT2D eigenvalue weighted by atomic mass is 16.5. The molecular weight excluding hydrogens is 218 g/mol. The van der Waals surface area contributed by atoms with Gasteiger partial charge in [-0.3, -0.25) is 9.69 Å². The molecule has 2 aliphatic heterocycles. The van der Waals surface area contributed by atoms with E-state index in [-0.39, 0.29) is 12.5 Å². The number of hydrogen-bond acceptors (Lipinski definition) is 4. The molecule has 2 heterocycles. The normalized spacial score (nSPS) is 26.4. The van der Waals surface area contributed by atoms with Crippen LogP contribution in [-0.4, -0.2) is 74.2 Å². The first-order valence-corrected chi connectivity index (χ1v) is 6.61. The van der Waals surface area contributed by atoms with Crippen LogP contribution < -0.4 is 5.32 Å². The van der Waals surface area contributed by atoms with E-state index in [2.05, 4.69) is 10.2 Å². The second kappa shape index (κ2) is 6.33. The maximum atomic E-state index is 11.8. The lowest BCUT2D eigenvalue weighted by molar-refractivity contribution is -0.135. The van der Waals surface area contributed by atoms with Crippen molar-refractivity contribution in [1.82, 2.24) is 15.1 Å². The van der Waals surface area contributed by atoms with Crippen molar-refractivity contribution in [2.45, 2.75) is 19.4 Å². The third-order valence-electron chi connectivity index (χ3n) is 3.61. The monoisotopic (exact) mass is 241 g/mol. The van der Waals surface area contributed by atoms with E-state index in [1.807, 2.05) is 11.8 Å². The summed E-state index contributed by atoms with van der Waals surface area (Å²) in [6.07, 6.45) is 1.11. The van der Waals surface area contributed by atoms with Gasteiger partial charge in [-0.15, -0.1) is 0 Å². The molecule has 1 unspecified atom stereocenters. The zero-order chi connectivity index (χ0) is 12.1. The van der Waals surface area contributed by atoms with Gasteiger partial charge in [-0.05, 0) is 13.3 Å². The Bertz CT molecular complexity index is 254. The Balaban J connectivity index is 1.76. The smallest absolute Gasteiger partial charge is 0.248 e. The summed E-state index contributed by atoms with van der Waals surface area (Å²) in [5.41, 5.74) is 0. The first-order chi connectivity index (χ1) is 8.31. The highest BCUT2D eigenvalue weighted by molar-refractivity contribution is 5.77. The average molecular weight is 241 g/mol. The maximum absolute atomic E-state index is 11.8. The molecule has 0 aliphatic carbocycles. The molecule has 0 saturated carbocycles. The zero-order valence-corrected chi connectivity index (χ0v) is 10.7. The van der Waals surface area contributed by atoms with Crippen LogP contribution in [0.4, 0.5) is 0 Å². The van der Waals surface area contributed by atoms with Crippen molar-refractivity contribution in [2.75, 3.05) is 52.5 Å². The number of rotatable bonds is 4. The molecule has 0 aromatic heterocycles. The van der Waals surface area contributed by atoms with E-state index >= 15 is 0 Å². The number of carbonyl (C=O) groups excluding carboxylic acids is 1. The minimum Gasteiger partial charge on any atom is -0.372 e. The number of nitrogens with one attached hydrogen (secondary N) is 1. The summed E-state index contributed by atoms with van der Waals surface area (Å²) >= 11 is 0. The highest BCUT2D eigenvalue weighted by Gasteiger charge is 2.30. The molecule has 1 N–H and O–H groups in total. The first-order valence-electron chi connectivity index (χ1n) is 6.61. The number of carbonyl (C=O) groups is 1. The van der Waals surface area contributed by atoms with Crippen LogP contribution in [0.15, 0.2) is 0 Å². The molecule has 98 valence electrons. The van der Waals surface area contributed by atoms with Crippen LogP contribution in [0.5, 0.6) is 0 Å². The van der Waals surface area contributed by atoms with Crippen LogP contribution >= 0.6 is 0 Å². The molecule has 0 radical (unpaired) electrons. The molecule has 2 saturated heterocycles. The molecule has 5 heteroatoms. The van der Waals surface area contributed by atoms with Gasteiger partial charge in [0, 0.05) is 51.9 Å². The van der Waals surface area contributed by atoms with E-state index in [1.54, 1.807) is 0 Å². The quantitative estimate of drug-likeness (QED) is 0.723. The largest absolute Gasteiger partial charge is 0.372 e. The van der Waals surface area contributed by atoms with Crippen molar-refractivity contribution < 1.29 is 9.53 Å². The van der Waals surface area contributed by atoms with Gasteiger partial charge < -0.3 is 15.0 Å². The Morgan fingerprint density at radius 3 is 2.82 bits per heavy atom. The topological polar surface area (TPSA) is 44.8 Å². The Hall–Kier alpha value is -0.650. The van der Waals surface area contributed by atoms with Gasteiger partial charge in [-0.2, -0.15) is 0 Å². The number of piperazine rings is 1. The molecule has 17 heavy (non-hydrogen) atoms. The minimum atomic E-state index is 0.143. The lowest BCUT2D eigenvalue weighted by Gasteiger charge is -2.32. The van der Waals surface area contributed by atoms with E-state index < -0.39 is 0 Å². The van der Waals surface area contributed by atoms with Crippen molar-refractivity contribution in [2.24, 2.45) is 0 Å². The summed E-state index contributed by atoms with van der Waals surface area (Å²) in [6, 6.07) is 0.558. The van der Waals surface area contributed by atoms with Crippen molar-refractivity contribution in [3.63, 3.8) is 0 Å². The van der Waals surface area contributed by atoms with Gasteiger partial charge in [0.15, 0.2) is 0 Å². The molecule has 2 aliphatic rings. The van der Waals surface area contributed by atoms with Gasteiger partial charge in [0.25, 0.3) is 0 Å². The third kappa shape index (κ3) is 3.40. The summed E-state index contributed by atoms with van der Waals surface area (Å²) in [5, 5.41) is 3.36. The number of likely N-dealkylation sites (tertiary alicyclic amines) is 1. The molecule has 0 aromatic carbocycles. The lowest BCUT2D eigenvalue weighted by atomic mass is 10.2. The van der Waals surface area contributed by atoms with E-state index in [9.17, 15) is 4.79 Å². The van der Waals surface area contributed by atoms with Gasteiger partial charge in [-0.1, -0.05) is 0 Å². The average Bonchev–Trinajstić information content (AvgIpc) is 2.86. The van der Waals surface area contributed by atoms with Crippen molar-refractivity contribution >= 4 is 5.91 Å². The van der Waals surface area contributed by atoms with Crippen molar-refractivity contribution in [3.05, 3.63) is 0 Å². The van der Waals surface area contributed by atoms with E-state index in [0.717, 1.165) is 45.7 Å². The Morgan fingerprint density at radius 2 is 2.12 bits per heavy atom. The molecule has 0 aromatic rings. The third-order valence-corrected chi connectivity index (χ3v) is 3.61. The van der Waals surface area contributed by atoms with Gasteiger partial charge in [0.1, 0.15) is 6.61 Å². The molecule has 0 spiro atoms. The molecule has 5 nitrogen and oxygen atoms in total. The predicted molar refractivity (Wildman–Crippen MR) is 65.9 cm³/mol. The van der Waals surface area contributed by atoms with Crippen LogP contribution in [0.1, 0.15) is 13.3 Å². The molecular formula is C12H23N3O2. The predicted octanol–water partition coefficient (Wildman–Crippen LogP) is -0.471. The van der Waals surface area contributed by atoms with Gasteiger partial charge in [-0.25, -0.2) is 0 Å². The van der Waals surface area contributed by atoms with Crippen molar-refractivity contribution in [3.8, 4) is 0 Å². The van der Waals surface area contributed by atoms with Crippen LogP contribution in [0, 0.1) is 0 Å². The van der Waals surface area contributed by atoms with Crippen LogP contribution in [0.2, 0.25) is 0 Å². The maximum Gasteiger partial charge on any atom is 0.248 e. The Labute approximate surface area is 103 Å². The zero-order valence-electron chi connectivity index (χ0n) is 10.7. The molecule has 0 bridgehead atoms. The summed E-state index contributed by atoms with van der Waals surface area (Å²) in [5.74, 6) is 0.143. The number of nitrogens with zero attached hydrogens (tertiary/aromatic N) is 2. The lowest BCUT2D eigenvalue weighted by Crippen LogP contribution is -2.49. The molecule has 2 fully saturated rings. The van der Waals surface area contributed by atoms with E-state index in [0.29, 0.717) is 12.6 Å². The fourth-order valence-corrected chi connectivity index (χ4v) is 2.59. The second-order valence-corrected chi connectivity index (χ2v) is 4.71. The van der Waals surface area contributed by atoms with Crippen LogP contribution in [0.3, 0.4) is 0 Å². The SMILES string of the molecule is CCOCC(=O)N1CCC(N2CCNCC2)C1. The summed E-state index contributed by atoms with van der Waals surface area (Å²) in [6.45, 7) is 8.90. The van der Waals surface area contributed by atoms with Gasteiger partial charge >= 0.3 is 0 Å². The van der Waals surface area contributed by atoms with E-state index in [4.69, 9.17) is 4.74 Å². The minimum absolute atomic E-state index is 0.143. The number of ether oxygens (including phenoxy) is 1. The van der Waals surface area contributed by atoms with Crippen molar-refractivity contribution in [1.29, 1.82) is 0 Å². The Morgan fingerprint density at radius 1 is 1.35 bits per heavy atom. The van der Waals surface area contributed by atoms with Crippen LogP contribution in [-0.2, 0) is 9.53 Å². The first kappa shape index (κ1) is 12.8. The molecule has 1 atom stereocenters. The number of hydrogen-bond donors (Lipinski definition) is 1. The van der Waals surface area contributed by atoms with Gasteiger partial charge in [0.05, 0.1) is 0 Å². The summed E-state index contributed by atoms with van der Waals surface area (Å²) in [4.78, 5) is 16.3. The standard InChI is InChI=1S/C12H23N3O2/c1-2-17-10-12(16)15-6-3-11(9-15)14-7-4-13-5-8-14/h11,13H,2-10H2,1H3. The molecule has 2 rings (SSSR count). The second-order valence-electron chi connectivity index (χ2n) is 4.71. The molecule has 1 amide bonds. The van der Waals surface area contributed by atoms with Gasteiger partial charge in [0.2, 0.25) is 5.91 Å². The van der Waals surface area contributed by atoms with E-state index in [1.165, 1.54) is 0 Å². The highest BCUT2D eigenvalue weighted by Crippen LogP contribution is 2.16. The number of amides is 1. The Kier molecular flexibility index (Phi) is 4.76. The van der Waals surface area contributed by atoms with Crippen LogP contribution in [0.25, 0.3) is 0 Å². The fraction of sp³-hybridized carbons (Fsp3) is 0.917.